The van der Waals surface area contributed by atoms with Gasteiger partial charge in [0.25, 0.3) is 0 Å². The van der Waals surface area contributed by atoms with Gasteiger partial charge in [-0.2, -0.15) is 0 Å². The minimum Gasteiger partial charge on any atom is -0.493 e. The van der Waals surface area contributed by atoms with Crippen molar-refractivity contribution in [3.63, 3.8) is 0 Å². The van der Waals surface area contributed by atoms with Crippen LogP contribution in [0.5, 0.6) is 11.5 Å². The van der Waals surface area contributed by atoms with Crippen molar-refractivity contribution < 1.29 is 9.47 Å². The molecule has 0 spiro atoms. The average molecular weight is 392 g/mol. The summed E-state index contributed by atoms with van der Waals surface area (Å²) >= 11 is 3.67. The van der Waals surface area contributed by atoms with Gasteiger partial charge in [-0.15, -0.1) is 0 Å². The molecule has 2 heterocycles. The van der Waals surface area contributed by atoms with Crippen LogP contribution in [0, 0.1) is 0 Å². The standard InChI is InChI=1S/C18H22BrN3O2/c1-23-17-9-14(15(19)10-18(17)24-2)12-22-8-7-21-11-16(22)13-3-5-20-6-4-13/h3-6,9-10,16,21H,7-8,11-12H2,1-2H3. The quantitative estimate of drug-likeness (QED) is 0.848. The Labute approximate surface area is 151 Å². The first-order chi connectivity index (χ1) is 11.7. The molecule has 2 aromatic rings. The number of methoxy groups -OCH3 is 2. The molecule has 1 N–H and O–H groups in total. The van der Waals surface area contributed by atoms with Crippen LogP contribution >= 0.6 is 15.9 Å². The van der Waals surface area contributed by atoms with E-state index in [0.717, 1.165) is 42.2 Å². The minimum absolute atomic E-state index is 0.335. The molecular weight excluding hydrogens is 370 g/mol. The summed E-state index contributed by atoms with van der Waals surface area (Å²) in [5.41, 5.74) is 2.47. The molecule has 5 nitrogen and oxygen atoms in total. The van der Waals surface area contributed by atoms with Crippen LogP contribution in [0.3, 0.4) is 0 Å². The molecule has 0 amide bonds. The number of nitrogens with zero attached hydrogens (tertiary/aromatic N) is 2. The van der Waals surface area contributed by atoms with Crippen molar-refractivity contribution in [2.24, 2.45) is 0 Å². The largest absolute Gasteiger partial charge is 0.493 e. The lowest BCUT2D eigenvalue weighted by molar-refractivity contribution is 0.153. The van der Waals surface area contributed by atoms with Crippen LogP contribution in [0.25, 0.3) is 0 Å². The van der Waals surface area contributed by atoms with E-state index >= 15 is 0 Å². The smallest absolute Gasteiger partial charge is 0.161 e. The molecule has 1 saturated heterocycles. The Kier molecular flexibility index (Phi) is 5.71. The van der Waals surface area contributed by atoms with Crippen LogP contribution in [0.1, 0.15) is 17.2 Å². The van der Waals surface area contributed by atoms with E-state index in [4.69, 9.17) is 9.47 Å². The van der Waals surface area contributed by atoms with Crippen molar-refractivity contribution in [3.05, 3.63) is 52.3 Å². The maximum atomic E-state index is 5.45. The molecule has 1 atom stereocenters. The van der Waals surface area contributed by atoms with Crippen molar-refractivity contribution >= 4 is 15.9 Å². The second kappa shape index (κ2) is 7.96. The number of aromatic nitrogens is 1. The van der Waals surface area contributed by atoms with Crippen LogP contribution in [0.15, 0.2) is 41.1 Å². The summed E-state index contributed by atoms with van der Waals surface area (Å²) in [6, 6.07) is 8.54. The van der Waals surface area contributed by atoms with Crippen LogP contribution < -0.4 is 14.8 Å². The van der Waals surface area contributed by atoms with Crippen molar-refractivity contribution in [1.29, 1.82) is 0 Å². The normalized spacial score (nSPS) is 18.4. The molecule has 1 fully saturated rings. The number of nitrogens with one attached hydrogen (secondary N) is 1. The lowest BCUT2D eigenvalue weighted by Crippen LogP contribution is -2.45. The van der Waals surface area contributed by atoms with Gasteiger partial charge in [0.2, 0.25) is 0 Å². The van der Waals surface area contributed by atoms with Gasteiger partial charge in [-0.1, -0.05) is 15.9 Å². The topological polar surface area (TPSA) is 46.6 Å². The number of benzene rings is 1. The maximum Gasteiger partial charge on any atom is 0.161 e. The molecule has 128 valence electrons. The first-order valence-electron chi connectivity index (χ1n) is 7.98. The Bertz CT molecular complexity index is 681. The Morgan fingerprint density at radius 2 is 1.92 bits per heavy atom. The van der Waals surface area contributed by atoms with E-state index in [-0.39, 0.29) is 0 Å². The van der Waals surface area contributed by atoms with E-state index in [1.54, 1.807) is 14.2 Å². The van der Waals surface area contributed by atoms with E-state index in [9.17, 15) is 0 Å². The van der Waals surface area contributed by atoms with E-state index in [0.29, 0.717) is 6.04 Å². The highest BCUT2D eigenvalue weighted by molar-refractivity contribution is 9.10. The second-order valence-electron chi connectivity index (χ2n) is 5.77. The molecule has 6 heteroatoms. The number of ether oxygens (including phenoxy) is 2. The number of rotatable bonds is 5. The third-order valence-corrected chi connectivity index (χ3v) is 5.11. The van der Waals surface area contributed by atoms with Gasteiger partial charge in [-0.05, 0) is 35.4 Å². The van der Waals surface area contributed by atoms with E-state index in [1.807, 2.05) is 18.5 Å². The Balaban J connectivity index is 1.85. The van der Waals surface area contributed by atoms with Crippen molar-refractivity contribution in [2.75, 3.05) is 33.9 Å². The molecular formula is C18H22BrN3O2. The zero-order valence-corrected chi connectivity index (χ0v) is 15.5. The summed E-state index contributed by atoms with van der Waals surface area (Å²) in [5.74, 6) is 1.49. The predicted octanol–water partition coefficient (Wildman–Crippen LogP) is 3.01. The molecule has 1 aromatic heterocycles. The first kappa shape index (κ1) is 17.2. The van der Waals surface area contributed by atoms with Gasteiger partial charge in [0.15, 0.2) is 11.5 Å². The number of piperazine rings is 1. The van der Waals surface area contributed by atoms with Gasteiger partial charge >= 0.3 is 0 Å². The molecule has 1 unspecified atom stereocenters. The van der Waals surface area contributed by atoms with Gasteiger partial charge in [0.05, 0.1) is 14.2 Å². The van der Waals surface area contributed by atoms with E-state index in [2.05, 4.69) is 49.3 Å². The van der Waals surface area contributed by atoms with Gasteiger partial charge < -0.3 is 14.8 Å². The first-order valence-corrected chi connectivity index (χ1v) is 8.77. The number of pyridine rings is 1. The molecule has 1 aliphatic rings. The monoisotopic (exact) mass is 391 g/mol. The molecule has 0 aliphatic carbocycles. The lowest BCUT2D eigenvalue weighted by Gasteiger charge is -2.36. The average Bonchev–Trinajstić information content (AvgIpc) is 2.64. The SMILES string of the molecule is COc1cc(Br)c(CN2CCNCC2c2ccncc2)cc1OC. The van der Waals surface area contributed by atoms with Crippen molar-refractivity contribution in [2.45, 2.75) is 12.6 Å². The summed E-state index contributed by atoms with van der Waals surface area (Å²) in [6.07, 6.45) is 3.71. The zero-order valence-electron chi connectivity index (χ0n) is 14.0. The molecule has 24 heavy (non-hydrogen) atoms. The number of hydrogen-bond acceptors (Lipinski definition) is 5. The lowest BCUT2D eigenvalue weighted by atomic mass is 10.0. The number of hydrogen-bond donors (Lipinski definition) is 1. The van der Waals surface area contributed by atoms with Crippen molar-refractivity contribution in [1.82, 2.24) is 15.2 Å². The fourth-order valence-electron chi connectivity index (χ4n) is 3.09. The second-order valence-corrected chi connectivity index (χ2v) is 6.62. The molecule has 0 bridgehead atoms. The highest BCUT2D eigenvalue weighted by Crippen LogP contribution is 2.35. The summed E-state index contributed by atoms with van der Waals surface area (Å²) in [5, 5.41) is 3.49. The van der Waals surface area contributed by atoms with Crippen LogP contribution in [0.2, 0.25) is 0 Å². The van der Waals surface area contributed by atoms with E-state index < -0.39 is 0 Å². The molecule has 0 saturated carbocycles. The zero-order chi connectivity index (χ0) is 16.9. The fourth-order valence-corrected chi connectivity index (χ4v) is 3.53. The maximum absolute atomic E-state index is 5.45. The van der Waals surface area contributed by atoms with Crippen LogP contribution in [-0.2, 0) is 6.54 Å². The fraction of sp³-hybridized carbons (Fsp3) is 0.389. The molecule has 1 aliphatic heterocycles. The summed E-state index contributed by atoms with van der Waals surface area (Å²) in [7, 11) is 3.32. The Hall–Kier alpha value is -1.63. The highest BCUT2D eigenvalue weighted by atomic mass is 79.9. The Morgan fingerprint density at radius 1 is 1.21 bits per heavy atom. The third kappa shape index (κ3) is 3.71. The Morgan fingerprint density at radius 3 is 2.62 bits per heavy atom. The van der Waals surface area contributed by atoms with Gasteiger partial charge in [0.1, 0.15) is 0 Å². The summed E-state index contributed by atoms with van der Waals surface area (Å²) in [4.78, 5) is 6.61. The van der Waals surface area contributed by atoms with Crippen molar-refractivity contribution in [3.8, 4) is 11.5 Å². The highest BCUT2D eigenvalue weighted by Gasteiger charge is 2.24. The summed E-state index contributed by atoms with van der Waals surface area (Å²) < 4.78 is 11.8. The number of halogens is 1. The van der Waals surface area contributed by atoms with Gasteiger partial charge in [-0.3, -0.25) is 9.88 Å². The van der Waals surface area contributed by atoms with Gasteiger partial charge in [-0.25, -0.2) is 0 Å². The minimum atomic E-state index is 0.335. The predicted molar refractivity (Wildman–Crippen MR) is 97.5 cm³/mol. The summed E-state index contributed by atoms with van der Waals surface area (Å²) in [6.45, 7) is 3.77. The van der Waals surface area contributed by atoms with Crippen LogP contribution in [-0.4, -0.2) is 43.7 Å². The molecule has 1 aromatic carbocycles. The van der Waals surface area contributed by atoms with Gasteiger partial charge in [0, 0.05) is 49.1 Å². The molecule has 0 radical (unpaired) electrons. The van der Waals surface area contributed by atoms with E-state index in [1.165, 1.54) is 11.1 Å². The van der Waals surface area contributed by atoms with Crippen LogP contribution in [0.4, 0.5) is 0 Å². The third-order valence-electron chi connectivity index (χ3n) is 4.37. The molecule has 3 rings (SSSR count).